The summed E-state index contributed by atoms with van der Waals surface area (Å²) in [7, 11) is 0. The quantitative estimate of drug-likeness (QED) is 0.158. The van der Waals surface area contributed by atoms with Gasteiger partial charge >= 0.3 is 0 Å². The number of allylic oxidation sites excluding steroid dienone is 2. The number of rotatable bonds is 16. The van der Waals surface area contributed by atoms with Crippen LogP contribution < -0.4 is 0 Å². The van der Waals surface area contributed by atoms with Crippen LogP contribution in [-0.4, -0.2) is 44.8 Å². The normalized spacial score (nSPS) is 14.5. The van der Waals surface area contributed by atoms with E-state index >= 15 is 0 Å². The molecule has 0 aromatic rings. The first-order chi connectivity index (χ1) is 16.5. The van der Waals surface area contributed by atoms with Crippen molar-refractivity contribution in [2.45, 2.75) is 101 Å². The topological polar surface area (TPSA) is 80.9 Å². The molecular formula is C30H40O4. The van der Waals surface area contributed by atoms with Crippen molar-refractivity contribution in [1.29, 1.82) is 0 Å². The van der Waals surface area contributed by atoms with E-state index in [9.17, 15) is 20.4 Å². The van der Waals surface area contributed by atoms with Crippen LogP contribution in [0.15, 0.2) is 36.5 Å². The van der Waals surface area contributed by atoms with Crippen molar-refractivity contribution in [3.63, 3.8) is 0 Å². The summed E-state index contributed by atoms with van der Waals surface area (Å²) in [6.07, 6.45) is 28.4. The monoisotopic (exact) mass is 464 g/mol. The molecule has 0 saturated carbocycles. The molecule has 184 valence electrons. The average molecular weight is 465 g/mol. The second kappa shape index (κ2) is 23.5. The summed E-state index contributed by atoms with van der Waals surface area (Å²) in [5, 5.41) is 38.1. The van der Waals surface area contributed by atoms with E-state index in [1.165, 1.54) is 12.2 Å². The molecule has 4 heteroatoms. The minimum Gasteiger partial charge on any atom is -0.377 e. The Bertz CT molecular complexity index is 733. The van der Waals surface area contributed by atoms with Crippen LogP contribution in [0.5, 0.6) is 0 Å². The number of hydrogen-bond donors (Lipinski definition) is 4. The fourth-order valence-corrected chi connectivity index (χ4v) is 2.88. The van der Waals surface area contributed by atoms with Crippen molar-refractivity contribution in [2.75, 3.05) is 0 Å². The van der Waals surface area contributed by atoms with Gasteiger partial charge in [-0.05, 0) is 62.8 Å². The Balaban J connectivity index is 3.78. The minimum atomic E-state index is -0.903. The first kappa shape index (κ1) is 31.3. The molecule has 0 aliphatic rings. The van der Waals surface area contributed by atoms with Gasteiger partial charge in [0.1, 0.15) is 24.4 Å². The molecule has 0 aromatic heterocycles. The fourth-order valence-electron chi connectivity index (χ4n) is 2.88. The van der Waals surface area contributed by atoms with Gasteiger partial charge in [-0.1, -0.05) is 61.5 Å². The second-order valence-electron chi connectivity index (χ2n) is 7.90. The molecule has 0 rings (SSSR count). The lowest BCUT2D eigenvalue weighted by molar-refractivity contribution is 0.265. The number of hydrogen-bond acceptors (Lipinski definition) is 4. The van der Waals surface area contributed by atoms with E-state index in [4.69, 9.17) is 12.8 Å². The van der Waals surface area contributed by atoms with Crippen molar-refractivity contribution in [2.24, 2.45) is 0 Å². The molecule has 0 saturated heterocycles. The minimum absolute atomic E-state index is 0.724. The average Bonchev–Trinajstić information content (AvgIpc) is 2.84. The molecule has 0 aliphatic heterocycles. The van der Waals surface area contributed by atoms with E-state index in [-0.39, 0.29) is 0 Å². The Hall–Kier alpha value is -2.70. The lowest BCUT2D eigenvalue weighted by Crippen LogP contribution is -2.02. The van der Waals surface area contributed by atoms with Gasteiger partial charge in [0, 0.05) is 12.8 Å². The lowest BCUT2D eigenvalue weighted by atomic mass is 10.1. The summed E-state index contributed by atoms with van der Waals surface area (Å²) in [5.41, 5.74) is 0. The van der Waals surface area contributed by atoms with Gasteiger partial charge < -0.3 is 20.4 Å². The van der Waals surface area contributed by atoms with Crippen LogP contribution in [0.1, 0.15) is 77.0 Å². The van der Waals surface area contributed by atoms with E-state index in [0.717, 1.165) is 77.0 Å². The van der Waals surface area contributed by atoms with Gasteiger partial charge in [0.25, 0.3) is 0 Å². The predicted molar refractivity (Wildman–Crippen MR) is 140 cm³/mol. The van der Waals surface area contributed by atoms with Gasteiger partial charge in [-0.2, -0.15) is 0 Å². The Morgan fingerprint density at radius 2 is 0.882 bits per heavy atom. The Kier molecular flexibility index (Phi) is 21.6. The Morgan fingerprint density at radius 1 is 0.500 bits per heavy atom. The molecule has 0 bridgehead atoms. The Labute approximate surface area is 206 Å². The predicted octanol–water partition coefficient (Wildman–Crippen LogP) is 4.05. The third-order valence-electron chi connectivity index (χ3n) is 4.80. The van der Waals surface area contributed by atoms with E-state index in [2.05, 4.69) is 35.5 Å². The lowest BCUT2D eigenvalue weighted by Gasteiger charge is -1.98. The number of aliphatic hydroxyl groups excluding tert-OH is 4. The number of unbranched alkanes of at least 4 members (excludes halogenated alkanes) is 10. The van der Waals surface area contributed by atoms with Crippen LogP contribution in [-0.2, 0) is 0 Å². The van der Waals surface area contributed by atoms with Crippen LogP contribution in [0.4, 0.5) is 0 Å². The Morgan fingerprint density at radius 3 is 1.26 bits per heavy atom. The molecule has 0 aromatic carbocycles. The fraction of sp³-hybridized carbons (Fsp3) is 0.533. The standard InChI is InChI=1S/C30H40O4/c1-3-27(31)21-17-13-9-5-7-11-15-19-23-29(33)25-26-30(34)24-20-16-12-8-6-10-14-18-22-28(32)4-2/h1-2,17-18,21-22,25-34H,5-16H2. The van der Waals surface area contributed by atoms with E-state index in [1.54, 1.807) is 12.2 Å². The number of aliphatic hydroxyl groups is 4. The maximum absolute atomic E-state index is 9.85. The third-order valence-corrected chi connectivity index (χ3v) is 4.80. The largest absolute Gasteiger partial charge is 0.377 e. The van der Waals surface area contributed by atoms with Crippen molar-refractivity contribution in [1.82, 2.24) is 0 Å². The van der Waals surface area contributed by atoms with E-state index < -0.39 is 24.4 Å². The summed E-state index contributed by atoms with van der Waals surface area (Å²) in [5.74, 6) is 15.9. The maximum Gasteiger partial charge on any atom is 0.133 e. The van der Waals surface area contributed by atoms with Crippen molar-refractivity contribution >= 4 is 0 Å². The highest BCUT2D eigenvalue weighted by Crippen LogP contribution is 2.07. The molecule has 4 nitrogen and oxygen atoms in total. The van der Waals surface area contributed by atoms with Crippen molar-refractivity contribution < 1.29 is 20.4 Å². The van der Waals surface area contributed by atoms with E-state index in [0.29, 0.717) is 0 Å². The van der Waals surface area contributed by atoms with Gasteiger partial charge in [0.15, 0.2) is 0 Å². The van der Waals surface area contributed by atoms with Gasteiger partial charge in [-0.3, -0.25) is 0 Å². The third kappa shape index (κ3) is 22.5. The molecule has 4 N–H and O–H groups in total. The molecule has 0 fully saturated rings. The maximum atomic E-state index is 9.85. The van der Waals surface area contributed by atoms with Crippen molar-refractivity contribution in [3.8, 4) is 48.4 Å². The first-order valence-corrected chi connectivity index (χ1v) is 12.1. The number of terminal acetylenes is 2. The van der Waals surface area contributed by atoms with Crippen LogP contribution in [0.3, 0.4) is 0 Å². The summed E-state index contributed by atoms with van der Waals surface area (Å²) < 4.78 is 0. The van der Waals surface area contributed by atoms with Gasteiger partial charge in [-0.15, -0.1) is 24.7 Å². The zero-order chi connectivity index (χ0) is 25.3. The molecule has 0 aliphatic carbocycles. The molecular weight excluding hydrogens is 424 g/mol. The molecule has 0 spiro atoms. The van der Waals surface area contributed by atoms with Crippen molar-refractivity contribution in [3.05, 3.63) is 36.5 Å². The highest BCUT2D eigenvalue weighted by molar-refractivity contribution is 5.17. The molecule has 0 radical (unpaired) electrons. The summed E-state index contributed by atoms with van der Waals surface area (Å²) in [4.78, 5) is 0. The van der Waals surface area contributed by atoms with Gasteiger partial charge in [0.05, 0.1) is 0 Å². The zero-order valence-electron chi connectivity index (χ0n) is 20.2. The smallest absolute Gasteiger partial charge is 0.133 e. The molecule has 34 heavy (non-hydrogen) atoms. The molecule has 4 unspecified atom stereocenters. The van der Waals surface area contributed by atoms with Crippen LogP contribution in [0, 0.1) is 48.4 Å². The summed E-state index contributed by atoms with van der Waals surface area (Å²) in [6.45, 7) is 0. The molecule has 4 atom stereocenters. The summed E-state index contributed by atoms with van der Waals surface area (Å²) in [6, 6.07) is 0. The highest BCUT2D eigenvalue weighted by atomic mass is 16.3. The second-order valence-corrected chi connectivity index (χ2v) is 7.90. The molecule has 0 amide bonds. The van der Waals surface area contributed by atoms with E-state index in [1.807, 2.05) is 12.2 Å². The van der Waals surface area contributed by atoms with Crippen LogP contribution in [0.2, 0.25) is 0 Å². The first-order valence-electron chi connectivity index (χ1n) is 12.1. The summed E-state index contributed by atoms with van der Waals surface area (Å²) >= 11 is 0. The molecule has 0 heterocycles. The van der Waals surface area contributed by atoms with Gasteiger partial charge in [0.2, 0.25) is 0 Å². The van der Waals surface area contributed by atoms with Crippen LogP contribution in [0.25, 0.3) is 0 Å². The zero-order valence-corrected chi connectivity index (χ0v) is 20.2. The van der Waals surface area contributed by atoms with Crippen LogP contribution >= 0.6 is 0 Å². The van der Waals surface area contributed by atoms with Gasteiger partial charge in [-0.25, -0.2) is 0 Å². The highest BCUT2D eigenvalue weighted by Gasteiger charge is 1.96. The SMILES string of the molecule is C#CC(O)C=CCCCCCCC#CC(O)C=CC(O)C#CCCCCCCC=CC(O)C#C.